The average molecular weight is 2150 g/mol. The Bertz CT molecular complexity index is 4110. The lowest BCUT2D eigenvalue weighted by Crippen LogP contribution is -2.72. The average Bonchev–Trinajstić information content (AvgIpc) is 0.754. The molecule has 2 unspecified atom stereocenters. The standard InChI is InChI=1S/C82H137N5O60/c1-18-40(103)50(113)55(118)76(126-18)144-67-39(87-23(6)102)75(135-33(16-97)66(67)143-79-58(121)53(116)43(106)26(9-90)130-79)139-65-32(15-96)136-82(70(59(65)122)147-74-38(86-22(5)101)49(112)63(30(13-94)134-74)141-78-57(120)52(115)42(105)25(8-89)129-78)145-68-45(108)34(137-80(60(68)123)142-64-31(14-95)132-72(36(47(64)110)84-20(3)99)138-61-28(11-92)127-71(124)35(46(61)109)83-19(2)98)17-125-81-69(54(117)44(107)27(10-91)131-81)146-73-37(85-21(4)100)48(111)62(29(12-93)133-73)140-77-56(119)51(114)41(104)24(7-88)128-77/h18,24-82,88-97,103-124H,7-17H2,1-6H3,(H,83,98)(H,84,99)(H,85,100)(H,86,101)(H,87,102)/t18-,24+,25+,26+,27+,28+,29+,30+,31+,32+,33+,34+,35+,36+,37+,38+,39+,40+,41-,42-,43-,44+,45+,46+,47+,48+,49+,50+,51-,52-,53-,54-,55-,56+,57+,58+,59-,60-,61-,62+,63+,64+,65+,66+,67+,68-,69-,70-,71?,72-,73-,74-,75+,76?,77-,78+,79-,80-,81-,82+/m0/s1. The third kappa shape index (κ3) is 26.7. The van der Waals surface area contributed by atoms with Crippen LogP contribution in [0.2, 0.25) is 0 Å². The van der Waals surface area contributed by atoms with E-state index in [4.69, 9.17) is 109 Å². The molecule has 12 saturated heterocycles. The number of amides is 5. The molecule has 65 heteroatoms. The van der Waals surface area contributed by atoms with Crippen LogP contribution in [0.25, 0.3) is 0 Å². The number of hydrogen-bond donors (Lipinski definition) is 37. The molecule has 5 amide bonds. The number of carbonyl (C=O) groups excluding carboxylic acids is 5. The lowest BCUT2D eigenvalue weighted by atomic mass is 9.93. The van der Waals surface area contributed by atoms with Crippen molar-refractivity contribution in [2.75, 3.05) is 72.7 Å². The zero-order valence-electron chi connectivity index (χ0n) is 79.2. The van der Waals surface area contributed by atoms with Crippen LogP contribution in [-0.4, -0.2) is 634 Å². The van der Waals surface area contributed by atoms with Gasteiger partial charge >= 0.3 is 0 Å². The summed E-state index contributed by atoms with van der Waals surface area (Å²) in [6.07, 6.45) is -121. The zero-order chi connectivity index (χ0) is 108. The van der Waals surface area contributed by atoms with Gasteiger partial charge in [-0.25, -0.2) is 0 Å². The molecular weight excluding hydrogens is 2010 g/mol. The van der Waals surface area contributed by atoms with E-state index in [9.17, 15) is 187 Å². The van der Waals surface area contributed by atoms with Gasteiger partial charge in [-0.2, -0.15) is 0 Å². The minimum absolute atomic E-state index is 0.843. The second-order valence-electron chi connectivity index (χ2n) is 37.3. The maximum absolute atomic E-state index is 13.8. The summed E-state index contributed by atoms with van der Waals surface area (Å²) in [5.74, 6) is -5.06. The highest BCUT2D eigenvalue weighted by atomic mass is 16.8. The van der Waals surface area contributed by atoms with Gasteiger partial charge < -0.3 is 299 Å². The van der Waals surface area contributed by atoms with Crippen molar-refractivity contribution in [1.82, 2.24) is 26.6 Å². The van der Waals surface area contributed by atoms with Crippen molar-refractivity contribution in [2.24, 2.45) is 0 Å². The highest BCUT2D eigenvalue weighted by molar-refractivity contribution is 5.75. The van der Waals surface area contributed by atoms with E-state index >= 15 is 0 Å². The van der Waals surface area contributed by atoms with Crippen LogP contribution < -0.4 is 26.6 Å². The minimum atomic E-state index is -2.81. The Morgan fingerprint density at radius 1 is 0.190 bits per heavy atom. The first-order valence-electron chi connectivity index (χ1n) is 47.0. The Labute approximate surface area is 832 Å². The van der Waals surface area contributed by atoms with Gasteiger partial charge in [0.25, 0.3) is 0 Å². The van der Waals surface area contributed by atoms with Gasteiger partial charge in [0.05, 0.1) is 78.8 Å². The van der Waals surface area contributed by atoms with Crippen molar-refractivity contribution in [3.63, 3.8) is 0 Å². The minimum Gasteiger partial charge on any atom is -0.394 e. The summed E-state index contributed by atoms with van der Waals surface area (Å²) in [5.41, 5.74) is 0. The Kier molecular flexibility index (Phi) is 43.4. The highest BCUT2D eigenvalue weighted by Gasteiger charge is 2.65. The van der Waals surface area contributed by atoms with Crippen LogP contribution in [0.1, 0.15) is 41.5 Å². The third-order valence-electron chi connectivity index (χ3n) is 27.1. The molecule has 12 aliphatic heterocycles. The topological polar surface area (TPSA) is 1010 Å². The summed E-state index contributed by atoms with van der Waals surface area (Å²) in [7, 11) is 0. The van der Waals surface area contributed by atoms with Gasteiger partial charge in [0.2, 0.25) is 29.5 Å². The molecule has 0 aromatic heterocycles. The number of hydrogen-bond acceptors (Lipinski definition) is 60. The maximum Gasteiger partial charge on any atom is 0.217 e. The van der Waals surface area contributed by atoms with Crippen molar-refractivity contribution in [2.45, 2.75) is 410 Å². The molecule has 0 saturated carbocycles. The van der Waals surface area contributed by atoms with Gasteiger partial charge in [-0.1, -0.05) is 0 Å². The molecule has 60 atom stereocenters. The summed E-state index contributed by atoms with van der Waals surface area (Å²) in [6.45, 7) is -7.70. The van der Waals surface area contributed by atoms with Crippen molar-refractivity contribution in [1.29, 1.82) is 0 Å². The maximum atomic E-state index is 13.8. The molecular formula is C82H137N5O60. The monoisotopic (exact) mass is 2150 g/mol. The Hall–Kier alpha value is -4.85. The van der Waals surface area contributed by atoms with Gasteiger partial charge in [-0.3, -0.25) is 24.0 Å². The molecule has 0 spiro atoms. The van der Waals surface area contributed by atoms with Gasteiger partial charge in [0, 0.05) is 34.6 Å². The first kappa shape index (κ1) is 121. The van der Waals surface area contributed by atoms with Crippen molar-refractivity contribution < 1.29 is 296 Å². The lowest BCUT2D eigenvalue weighted by Gasteiger charge is -2.53. The summed E-state index contributed by atoms with van der Waals surface area (Å²) >= 11 is 0. The molecule has 0 aromatic carbocycles. The van der Waals surface area contributed by atoms with Gasteiger partial charge in [-0.05, 0) is 6.92 Å². The van der Waals surface area contributed by atoms with E-state index in [2.05, 4.69) is 26.6 Å². The fourth-order valence-corrected chi connectivity index (χ4v) is 19.3. The van der Waals surface area contributed by atoms with Crippen molar-refractivity contribution >= 4 is 29.5 Å². The molecule has 147 heavy (non-hydrogen) atoms. The first-order chi connectivity index (χ1) is 69.6. The summed E-state index contributed by atoms with van der Waals surface area (Å²) < 4.78 is 140. The van der Waals surface area contributed by atoms with E-state index in [-0.39, 0.29) is 0 Å². The van der Waals surface area contributed by atoms with Crippen LogP contribution >= 0.6 is 0 Å². The number of aliphatic hydroxyl groups is 32. The number of rotatable bonds is 38. The van der Waals surface area contributed by atoms with Crippen LogP contribution in [0, 0.1) is 0 Å². The molecule has 65 nitrogen and oxygen atoms in total. The Morgan fingerprint density at radius 3 is 0.796 bits per heavy atom. The highest BCUT2D eigenvalue weighted by Crippen LogP contribution is 2.44. The van der Waals surface area contributed by atoms with E-state index in [0.29, 0.717) is 0 Å². The normalized spacial score (nSPS) is 49.6. The molecule has 0 aromatic rings. The van der Waals surface area contributed by atoms with E-state index in [1.165, 1.54) is 6.92 Å². The second-order valence-corrected chi connectivity index (χ2v) is 37.3. The number of aliphatic hydroxyl groups excluding tert-OH is 32. The number of ether oxygens (including phenoxy) is 23. The van der Waals surface area contributed by atoms with Crippen LogP contribution in [0.3, 0.4) is 0 Å². The summed E-state index contributed by atoms with van der Waals surface area (Å²) in [6, 6.07) is -10.2. The van der Waals surface area contributed by atoms with Gasteiger partial charge in [0.15, 0.2) is 75.5 Å². The lowest BCUT2D eigenvalue weighted by molar-refractivity contribution is -0.409. The summed E-state index contributed by atoms with van der Waals surface area (Å²) in [5, 5.41) is 375. The van der Waals surface area contributed by atoms with Gasteiger partial charge in [-0.15, -0.1) is 0 Å². The van der Waals surface area contributed by atoms with Gasteiger partial charge in [0.1, 0.15) is 287 Å². The van der Waals surface area contributed by atoms with Crippen molar-refractivity contribution in [3.05, 3.63) is 0 Å². The van der Waals surface area contributed by atoms with Crippen LogP contribution in [0.4, 0.5) is 0 Å². The molecule has 37 N–H and O–H groups in total. The molecule has 12 heterocycles. The van der Waals surface area contributed by atoms with E-state index < -0.39 is 470 Å². The molecule has 12 rings (SSSR count). The predicted octanol–water partition coefficient (Wildman–Crippen LogP) is -25.4. The summed E-state index contributed by atoms with van der Waals surface area (Å²) in [4.78, 5) is 66.2. The second kappa shape index (κ2) is 52.8. The smallest absolute Gasteiger partial charge is 0.217 e. The Morgan fingerprint density at radius 2 is 0.429 bits per heavy atom. The fraction of sp³-hybridized carbons (Fsp3) is 0.939. The quantitative estimate of drug-likeness (QED) is 0.0273. The zero-order valence-corrected chi connectivity index (χ0v) is 79.2. The molecule has 850 valence electrons. The van der Waals surface area contributed by atoms with Crippen LogP contribution in [0.5, 0.6) is 0 Å². The van der Waals surface area contributed by atoms with Crippen LogP contribution in [-0.2, 0) is 133 Å². The first-order valence-corrected chi connectivity index (χ1v) is 47.0. The third-order valence-corrected chi connectivity index (χ3v) is 27.1. The van der Waals surface area contributed by atoms with Crippen LogP contribution in [0.15, 0.2) is 0 Å². The van der Waals surface area contributed by atoms with E-state index in [1.807, 2.05) is 0 Å². The fourth-order valence-electron chi connectivity index (χ4n) is 19.3. The van der Waals surface area contributed by atoms with E-state index in [1.54, 1.807) is 0 Å². The molecule has 0 radical (unpaired) electrons. The predicted molar refractivity (Wildman–Crippen MR) is 452 cm³/mol. The molecule has 0 aliphatic carbocycles. The molecule has 12 aliphatic rings. The van der Waals surface area contributed by atoms with E-state index in [0.717, 1.165) is 34.6 Å². The van der Waals surface area contributed by atoms with Crippen molar-refractivity contribution in [3.8, 4) is 0 Å². The molecule has 12 fully saturated rings. The Balaban J connectivity index is 0.952. The number of carbonyl (C=O) groups is 5. The SMILES string of the molecule is CC(=O)N[C@H]1[C@H](O[C@@H]2[C@H](O)[C@@H](NC(C)=O)C(O)O[C@@H]2CO)O[C@H](CO)[C@@H](O[C@@H]2O[C@H](CO[C@H]3O[C@H](CO)[C@@H](O)[C@H](O)[C@@H]3O[C@@H]3O[C@H](CO)[C@@H](O[C@@H]4O[C@H](CO)[C@H](O)[C@H](O)[C@H]4O)[C@H](O)[C@H]3NC(C)=O)[C@@H](O)[C@H](O[C@H]3O[C@H](CO)[C@@H](O[C@H]4O[C@H](CO)[C@@H](O[C@@H]5O[C@H](CO)[C@H](O)[C@H](O)[C@H]5O)[C@H](OC5O[C@@H](C)[C@@H](O)[C@@H](O)[C@@H]5O)[C@H]4NC(C)=O)[C@H](O)[C@@H]3O[C@@H]3O[C@H](CO)[C@@H](O[C@H]4O[C@H](CO)[C@H](O)[C@H](O)[C@H]4O)[C@H](O)[C@H]3NC(C)=O)[C@@H]2O)[C@@H]1O. The largest absolute Gasteiger partial charge is 0.394 e. The number of nitrogens with one attached hydrogen (secondary N) is 5. The molecule has 0 bridgehead atoms.